The van der Waals surface area contributed by atoms with Crippen LogP contribution in [0, 0.1) is 17.7 Å². The second-order valence-electron chi connectivity index (χ2n) is 4.74. The van der Waals surface area contributed by atoms with Crippen molar-refractivity contribution < 1.29 is 9.13 Å². The Morgan fingerprint density at radius 1 is 1.53 bits per heavy atom. The van der Waals surface area contributed by atoms with Crippen LogP contribution in [0.1, 0.15) is 17.5 Å². The minimum atomic E-state index is -0.267. The van der Waals surface area contributed by atoms with Crippen LogP contribution in [0.3, 0.4) is 0 Å². The van der Waals surface area contributed by atoms with Gasteiger partial charge in [0.05, 0.1) is 13.2 Å². The summed E-state index contributed by atoms with van der Waals surface area (Å²) < 4.78 is 18.7. The number of benzene rings is 1. The zero-order chi connectivity index (χ0) is 13.7. The molecule has 0 saturated carbocycles. The quantitative estimate of drug-likeness (QED) is 0.836. The summed E-state index contributed by atoms with van der Waals surface area (Å²) in [6.45, 7) is 2.60. The maximum Gasteiger partial charge on any atom is 0.124 e. The molecule has 1 aromatic carbocycles. The number of nitrogens with zero attached hydrogens (tertiary/aromatic N) is 1. The Balaban J connectivity index is 2.14. The number of ether oxygens (including phenoxy) is 1. The molecule has 0 spiro atoms. The second kappa shape index (κ2) is 6.67. The van der Waals surface area contributed by atoms with E-state index in [0.29, 0.717) is 6.04 Å². The van der Waals surface area contributed by atoms with Gasteiger partial charge in [-0.2, -0.15) is 0 Å². The fourth-order valence-corrected chi connectivity index (χ4v) is 2.22. The Morgan fingerprint density at radius 3 is 3.05 bits per heavy atom. The van der Waals surface area contributed by atoms with Crippen molar-refractivity contribution in [1.82, 2.24) is 4.90 Å². The molecule has 1 unspecified atom stereocenters. The molecule has 1 heterocycles. The van der Waals surface area contributed by atoms with E-state index in [1.165, 1.54) is 12.1 Å². The van der Waals surface area contributed by atoms with Crippen molar-refractivity contribution in [2.24, 2.45) is 5.73 Å². The molecule has 1 aromatic rings. The largest absolute Gasteiger partial charge is 0.380 e. The lowest BCUT2D eigenvalue weighted by atomic mass is 10.1. The van der Waals surface area contributed by atoms with E-state index < -0.39 is 0 Å². The number of likely N-dealkylation sites (N-methyl/N-ethyl adjacent to an activating group) is 1. The predicted octanol–water partition coefficient (Wildman–Crippen LogP) is 1.36. The number of hydrogen-bond acceptors (Lipinski definition) is 3. The highest BCUT2D eigenvalue weighted by atomic mass is 19.1. The summed E-state index contributed by atoms with van der Waals surface area (Å²) in [6.07, 6.45) is 1.04. The van der Waals surface area contributed by atoms with Crippen molar-refractivity contribution in [3.8, 4) is 11.8 Å². The number of halogens is 1. The van der Waals surface area contributed by atoms with Gasteiger partial charge in [0.15, 0.2) is 0 Å². The monoisotopic (exact) mass is 262 g/mol. The first-order chi connectivity index (χ1) is 9.20. The van der Waals surface area contributed by atoms with Gasteiger partial charge in [0.2, 0.25) is 0 Å². The van der Waals surface area contributed by atoms with Gasteiger partial charge < -0.3 is 10.5 Å². The molecule has 1 aliphatic rings. The summed E-state index contributed by atoms with van der Waals surface area (Å²) >= 11 is 0. The van der Waals surface area contributed by atoms with Gasteiger partial charge in [-0.3, -0.25) is 4.90 Å². The van der Waals surface area contributed by atoms with E-state index >= 15 is 0 Å². The van der Waals surface area contributed by atoms with Crippen LogP contribution in [-0.4, -0.2) is 37.7 Å². The third-order valence-electron chi connectivity index (χ3n) is 3.35. The molecule has 102 valence electrons. The van der Waals surface area contributed by atoms with Gasteiger partial charge >= 0.3 is 0 Å². The van der Waals surface area contributed by atoms with Crippen molar-refractivity contribution in [3.63, 3.8) is 0 Å². The molecule has 0 aromatic heterocycles. The van der Waals surface area contributed by atoms with Crippen molar-refractivity contribution >= 4 is 0 Å². The molecule has 0 radical (unpaired) electrons. The summed E-state index contributed by atoms with van der Waals surface area (Å²) in [7, 11) is 2.06. The van der Waals surface area contributed by atoms with Crippen LogP contribution in [0.15, 0.2) is 18.2 Å². The SMILES string of the molecule is CN(Cc1ccc(F)cc1C#CCN)C1CCOC1. The van der Waals surface area contributed by atoms with E-state index in [0.717, 1.165) is 37.3 Å². The van der Waals surface area contributed by atoms with Gasteiger partial charge in [-0.25, -0.2) is 4.39 Å². The van der Waals surface area contributed by atoms with Crippen LogP contribution in [-0.2, 0) is 11.3 Å². The van der Waals surface area contributed by atoms with Crippen LogP contribution in [0.2, 0.25) is 0 Å². The summed E-state index contributed by atoms with van der Waals surface area (Å²) in [5.74, 6) is 5.45. The van der Waals surface area contributed by atoms with E-state index in [4.69, 9.17) is 10.5 Å². The minimum Gasteiger partial charge on any atom is -0.380 e. The summed E-state index contributed by atoms with van der Waals surface area (Å²) in [4.78, 5) is 2.23. The van der Waals surface area contributed by atoms with E-state index in [-0.39, 0.29) is 12.4 Å². The number of hydrogen-bond donors (Lipinski definition) is 1. The standard InChI is InChI=1S/C15H19FN2O/c1-18(15-6-8-19-11-15)10-13-4-5-14(16)9-12(13)3-2-7-17/h4-5,9,15H,6-8,10-11,17H2,1H3. The molecule has 19 heavy (non-hydrogen) atoms. The van der Waals surface area contributed by atoms with Crippen LogP contribution < -0.4 is 5.73 Å². The minimum absolute atomic E-state index is 0.267. The topological polar surface area (TPSA) is 38.5 Å². The molecule has 1 aliphatic heterocycles. The highest BCUT2D eigenvalue weighted by Gasteiger charge is 2.20. The van der Waals surface area contributed by atoms with Gasteiger partial charge in [-0.15, -0.1) is 0 Å². The molecule has 2 rings (SSSR count). The lowest BCUT2D eigenvalue weighted by Crippen LogP contribution is -2.31. The first-order valence-corrected chi connectivity index (χ1v) is 6.46. The van der Waals surface area contributed by atoms with Crippen molar-refractivity contribution in [1.29, 1.82) is 0 Å². The number of rotatable bonds is 3. The summed E-state index contributed by atoms with van der Waals surface area (Å²) in [5, 5.41) is 0. The maximum absolute atomic E-state index is 13.3. The van der Waals surface area contributed by atoms with E-state index in [9.17, 15) is 4.39 Å². The fraction of sp³-hybridized carbons (Fsp3) is 0.467. The Bertz CT molecular complexity index is 487. The number of nitrogens with two attached hydrogens (primary N) is 1. The van der Waals surface area contributed by atoms with Crippen molar-refractivity contribution in [2.45, 2.75) is 19.0 Å². The van der Waals surface area contributed by atoms with Gasteiger partial charge in [0.25, 0.3) is 0 Å². The van der Waals surface area contributed by atoms with Gasteiger partial charge in [0, 0.05) is 24.8 Å². The van der Waals surface area contributed by atoms with Crippen LogP contribution >= 0.6 is 0 Å². The third-order valence-corrected chi connectivity index (χ3v) is 3.35. The Kier molecular flexibility index (Phi) is 4.92. The molecule has 2 N–H and O–H groups in total. The Labute approximate surface area is 113 Å². The predicted molar refractivity (Wildman–Crippen MR) is 73.0 cm³/mol. The second-order valence-corrected chi connectivity index (χ2v) is 4.74. The normalized spacial score (nSPS) is 18.4. The van der Waals surface area contributed by atoms with E-state index in [1.807, 2.05) is 0 Å². The highest BCUT2D eigenvalue weighted by molar-refractivity contribution is 5.41. The highest BCUT2D eigenvalue weighted by Crippen LogP contribution is 2.17. The average Bonchev–Trinajstić information content (AvgIpc) is 2.93. The third kappa shape index (κ3) is 3.77. The maximum atomic E-state index is 13.3. The Hall–Kier alpha value is -1.41. The molecule has 1 saturated heterocycles. The smallest absolute Gasteiger partial charge is 0.124 e. The van der Waals surface area contributed by atoms with Gasteiger partial charge in [-0.1, -0.05) is 17.9 Å². The molecule has 0 aliphatic carbocycles. The zero-order valence-electron chi connectivity index (χ0n) is 11.2. The molecule has 0 amide bonds. The lowest BCUT2D eigenvalue weighted by molar-refractivity contribution is 0.156. The molecule has 1 fully saturated rings. The molecular formula is C15H19FN2O. The lowest BCUT2D eigenvalue weighted by Gasteiger charge is -2.23. The summed E-state index contributed by atoms with van der Waals surface area (Å²) in [5.41, 5.74) is 7.11. The first-order valence-electron chi connectivity index (χ1n) is 6.46. The van der Waals surface area contributed by atoms with Crippen LogP contribution in [0.5, 0.6) is 0 Å². The molecular weight excluding hydrogens is 243 g/mol. The zero-order valence-corrected chi connectivity index (χ0v) is 11.2. The van der Waals surface area contributed by atoms with Crippen molar-refractivity contribution in [2.75, 3.05) is 26.8 Å². The van der Waals surface area contributed by atoms with Gasteiger partial charge in [-0.05, 0) is 31.2 Å². The van der Waals surface area contributed by atoms with Crippen molar-refractivity contribution in [3.05, 3.63) is 35.1 Å². The molecule has 3 nitrogen and oxygen atoms in total. The molecule has 0 bridgehead atoms. The van der Waals surface area contributed by atoms with Crippen LogP contribution in [0.4, 0.5) is 4.39 Å². The van der Waals surface area contributed by atoms with E-state index in [1.54, 1.807) is 6.07 Å². The molecule has 4 heteroatoms. The molecule has 1 atom stereocenters. The van der Waals surface area contributed by atoms with E-state index in [2.05, 4.69) is 23.8 Å². The summed E-state index contributed by atoms with van der Waals surface area (Å²) in [6, 6.07) is 5.17. The van der Waals surface area contributed by atoms with Crippen LogP contribution in [0.25, 0.3) is 0 Å². The average molecular weight is 262 g/mol. The fourth-order valence-electron chi connectivity index (χ4n) is 2.22. The Morgan fingerprint density at radius 2 is 2.37 bits per heavy atom. The first kappa shape index (κ1) is 14.0. The van der Waals surface area contributed by atoms with Gasteiger partial charge in [0.1, 0.15) is 5.82 Å².